The Morgan fingerprint density at radius 3 is 2.95 bits per heavy atom. The second-order valence-electron chi connectivity index (χ2n) is 4.87. The first-order valence-electron chi connectivity index (χ1n) is 6.79. The van der Waals surface area contributed by atoms with Gasteiger partial charge in [-0.15, -0.1) is 0 Å². The summed E-state index contributed by atoms with van der Waals surface area (Å²) in [5, 5.41) is 11.8. The number of hydrogen-bond donors (Lipinski definition) is 2. The van der Waals surface area contributed by atoms with E-state index in [0.29, 0.717) is 19.8 Å². The van der Waals surface area contributed by atoms with Crippen LogP contribution in [-0.4, -0.2) is 61.0 Å². The Bertz CT molecular complexity index is 542. The van der Waals surface area contributed by atoms with E-state index in [0.717, 1.165) is 0 Å². The van der Waals surface area contributed by atoms with Gasteiger partial charge in [0.1, 0.15) is 6.61 Å². The molecule has 0 aliphatic carbocycles. The van der Waals surface area contributed by atoms with Crippen LogP contribution in [0.15, 0.2) is 18.3 Å². The summed E-state index contributed by atoms with van der Waals surface area (Å²) in [6.07, 6.45) is 1.66. The molecule has 1 unspecified atom stereocenters. The van der Waals surface area contributed by atoms with E-state index in [2.05, 4.69) is 10.3 Å². The molecule has 0 spiro atoms. The van der Waals surface area contributed by atoms with Gasteiger partial charge >= 0.3 is 5.97 Å². The van der Waals surface area contributed by atoms with Gasteiger partial charge in [0.2, 0.25) is 5.88 Å². The standard InChI is InChI=1S/C14H18N2O6/c1-20-6-7-22-11-8-10(2-4-15-11)12(17)16-14(13(18)19)3-5-21-9-14/h2,4,8H,3,5-7,9H2,1H3,(H,16,17)(H,18,19). The molecular formula is C14H18N2O6. The Morgan fingerprint density at radius 2 is 2.32 bits per heavy atom. The van der Waals surface area contributed by atoms with E-state index in [9.17, 15) is 14.7 Å². The lowest BCUT2D eigenvalue weighted by atomic mass is 9.98. The summed E-state index contributed by atoms with van der Waals surface area (Å²) in [6.45, 7) is 0.962. The average Bonchev–Trinajstić information content (AvgIpc) is 2.98. The number of nitrogens with zero attached hydrogens (tertiary/aromatic N) is 1. The van der Waals surface area contributed by atoms with Crippen molar-refractivity contribution in [2.45, 2.75) is 12.0 Å². The number of pyridine rings is 1. The van der Waals surface area contributed by atoms with Gasteiger partial charge in [0.05, 0.1) is 13.2 Å². The maximum Gasteiger partial charge on any atom is 0.331 e. The van der Waals surface area contributed by atoms with Crippen LogP contribution in [0.1, 0.15) is 16.8 Å². The Morgan fingerprint density at radius 1 is 1.50 bits per heavy atom. The minimum absolute atomic E-state index is 0.0453. The molecule has 1 aromatic heterocycles. The number of nitrogens with one attached hydrogen (secondary N) is 1. The number of carboxylic acid groups (broad SMARTS) is 1. The number of carboxylic acids is 1. The molecule has 0 aromatic carbocycles. The number of carbonyl (C=O) groups is 2. The molecule has 8 heteroatoms. The Labute approximate surface area is 127 Å². The number of aliphatic carboxylic acids is 1. The fourth-order valence-electron chi connectivity index (χ4n) is 2.03. The van der Waals surface area contributed by atoms with Crippen LogP contribution < -0.4 is 10.1 Å². The molecule has 8 nitrogen and oxygen atoms in total. The maximum absolute atomic E-state index is 12.3. The summed E-state index contributed by atoms with van der Waals surface area (Å²) >= 11 is 0. The largest absolute Gasteiger partial charge is 0.479 e. The van der Waals surface area contributed by atoms with Crippen LogP contribution in [0.2, 0.25) is 0 Å². The van der Waals surface area contributed by atoms with Gasteiger partial charge in [0.25, 0.3) is 5.91 Å². The van der Waals surface area contributed by atoms with Crippen LogP contribution in [0.3, 0.4) is 0 Å². The molecule has 22 heavy (non-hydrogen) atoms. The lowest BCUT2D eigenvalue weighted by Crippen LogP contribution is -2.55. The molecule has 1 amide bonds. The predicted octanol–water partition coefficient (Wildman–Crippen LogP) is 0.0803. The fraction of sp³-hybridized carbons (Fsp3) is 0.500. The highest BCUT2D eigenvalue weighted by atomic mass is 16.5. The highest BCUT2D eigenvalue weighted by Gasteiger charge is 2.44. The molecule has 2 rings (SSSR count). The molecule has 1 aliphatic heterocycles. The van der Waals surface area contributed by atoms with Crippen molar-refractivity contribution in [3.63, 3.8) is 0 Å². The number of ether oxygens (including phenoxy) is 3. The molecular weight excluding hydrogens is 292 g/mol. The maximum atomic E-state index is 12.3. The summed E-state index contributed by atoms with van der Waals surface area (Å²) < 4.78 is 15.3. The number of carbonyl (C=O) groups excluding carboxylic acids is 1. The molecule has 0 saturated carbocycles. The summed E-state index contributed by atoms with van der Waals surface area (Å²) in [5.41, 5.74) is -1.10. The third kappa shape index (κ3) is 3.71. The van der Waals surface area contributed by atoms with E-state index < -0.39 is 17.4 Å². The van der Waals surface area contributed by atoms with Crippen molar-refractivity contribution in [2.75, 3.05) is 33.5 Å². The third-order valence-corrected chi connectivity index (χ3v) is 3.32. The van der Waals surface area contributed by atoms with Crippen molar-refractivity contribution in [3.05, 3.63) is 23.9 Å². The van der Waals surface area contributed by atoms with Crippen molar-refractivity contribution < 1.29 is 28.9 Å². The van der Waals surface area contributed by atoms with Gasteiger partial charge < -0.3 is 24.6 Å². The van der Waals surface area contributed by atoms with Gasteiger partial charge in [0.15, 0.2) is 5.54 Å². The molecule has 1 saturated heterocycles. The highest BCUT2D eigenvalue weighted by molar-refractivity contribution is 5.98. The molecule has 1 aromatic rings. The first-order chi connectivity index (χ1) is 10.6. The normalized spacial score (nSPS) is 20.6. The third-order valence-electron chi connectivity index (χ3n) is 3.32. The van der Waals surface area contributed by atoms with Crippen LogP contribution >= 0.6 is 0 Å². The minimum Gasteiger partial charge on any atom is -0.479 e. The summed E-state index contributed by atoms with van der Waals surface area (Å²) in [5.74, 6) is -1.34. The van der Waals surface area contributed by atoms with Crippen molar-refractivity contribution in [1.29, 1.82) is 0 Å². The molecule has 1 aliphatic rings. The van der Waals surface area contributed by atoms with Crippen LogP contribution in [-0.2, 0) is 14.3 Å². The Balaban J connectivity index is 2.05. The van der Waals surface area contributed by atoms with Crippen LogP contribution in [0.5, 0.6) is 5.88 Å². The Kier molecular flexibility index (Phi) is 5.29. The summed E-state index contributed by atoms with van der Waals surface area (Å²) in [6, 6.07) is 2.94. The van der Waals surface area contributed by atoms with Gasteiger partial charge in [-0.05, 0) is 6.07 Å². The van der Waals surface area contributed by atoms with Crippen molar-refractivity contribution in [3.8, 4) is 5.88 Å². The molecule has 0 radical (unpaired) electrons. The summed E-state index contributed by atoms with van der Waals surface area (Å²) in [4.78, 5) is 27.6. The second-order valence-corrected chi connectivity index (χ2v) is 4.87. The fourth-order valence-corrected chi connectivity index (χ4v) is 2.03. The molecule has 2 N–H and O–H groups in total. The quantitative estimate of drug-likeness (QED) is 0.687. The smallest absolute Gasteiger partial charge is 0.331 e. The van der Waals surface area contributed by atoms with Crippen LogP contribution in [0.25, 0.3) is 0 Å². The molecule has 2 heterocycles. The van der Waals surface area contributed by atoms with Gasteiger partial charge in [-0.2, -0.15) is 0 Å². The first-order valence-corrected chi connectivity index (χ1v) is 6.79. The monoisotopic (exact) mass is 310 g/mol. The highest BCUT2D eigenvalue weighted by Crippen LogP contribution is 2.20. The van der Waals surface area contributed by atoms with Crippen molar-refractivity contribution >= 4 is 11.9 Å². The van der Waals surface area contributed by atoms with E-state index in [-0.39, 0.29) is 24.5 Å². The van der Waals surface area contributed by atoms with Gasteiger partial charge in [0, 0.05) is 38.0 Å². The number of amides is 1. The van der Waals surface area contributed by atoms with E-state index in [1.54, 1.807) is 7.11 Å². The zero-order valence-corrected chi connectivity index (χ0v) is 12.2. The SMILES string of the molecule is COCCOc1cc(C(=O)NC2(C(=O)O)CCOC2)ccn1. The molecule has 120 valence electrons. The van der Waals surface area contributed by atoms with Gasteiger partial charge in [-0.3, -0.25) is 4.79 Å². The van der Waals surface area contributed by atoms with E-state index in [1.807, 2.05) is 0 Å². The first kappa shape index (κ1) is 16.2. The van der Waals surface area contributed by atoms with Crippen LogP contribution in [0, 0.1) is 0 Å². The topological polar surface area (TPSA) is 107 Å². The lowest BCUT2D eigenvalue weighted by molar-refractivity contribution is -0.144. The lowest BCUT2D eigenvalue weighted by Gasteiger charge is -2.23. The molecule has 1 fully saturated rings. The zero-order valence-electron chi connectivity index (χ0n) is 12.2. The van der Waals surface area contributed by atoms with Gasteiger partial charge in [-0.25, -0.2) is 9.78 Å². The zero-order chi connectivity index (χ0) is 16.0. The number of methoxy groups -OCH3 is 1. The molecule has 0 bridgehead atoms. The Hall–Kier alpha value is -2.19. The number of rotatable bonds is 7. The minimum atomic E-state index is -1.38. The summed E-state index contributed by atoms with van der Waals surface area (Å²) in [7, 11) is 1.55. The second kappa shape index (κ2) is 7.19. The van der Waals surface area contributed by atoms with Crippen LogP contribution in [0.4, 0.5) is 0 Å². The predicted molar refractivity (Wildman–Crippen MR) is 74.9 cm³/mol. The van der Waals surface area contributed by atoms with Crippen molar-refractivity contribution in [1.82, 2.24) is 10.3 Å². The van der Waals surface area contributed by atoms with E-state index in [1.165, 1.54) is 18.3 Å². The number of aromatic nitrogens is 1. The van der Waals surface area contributed by atoms with Gasteiger partial charge in [-0.1, -0.05) is 0 Å². The van der Waals surface area contributed by atoms with E-state index in [4.69, 9.17) is 14.2 Å². The number of hydrogen-bond acceptors (Lipinski definition) is 6. The van der Waals surface area contributed by atoms with E-state index >= 15 is 0 Å². The molecule has 1 atom stereocenters. The average molecular weight is 310 g/mol. The van der Waals surface area contributed by atoms with Crippen molar-refractivity contribution in [2.24, 2.45) is 0 Å².